The van der Waals surface area contributed by atoms with Crippen LogP contribution in [-0.4, -0.2) is 35.1 Å². The Morgan fingerprint density at radius 3 is 2.48 bits per heavy atom. The molecule has 21 heavy (non-hydrogen) atoms. The average Bonchev–Trinajstić information content (AvgIpc) is 2.40. The van der Waals surface area contributed by atoms with Crippen molar-refractivity contribution in [3.63, 3.8) is 0 Å². The van der Waals surface area contributed by atoms with Crippen LogP contribution in [0.4, 0.5) is 14.9 Å². The highest BCUT2D eigenvalue weighted by Crippen LogP contribution is 2.30. The van der Waals surface area contributed by atoms with E-state index in [1.807, 2.05) is 0 Å². The zero-order valence-electron chi connectivity index (χ0n) is 12.1. The second-order valence-electron chi connectivity index (χ2n) is 6.08. The summed E-state index contributed by atoms with van der Waals surface area (Å²) < 4.78 is 13.1. The molecule has 114 valence electrons. The number of carbonyl (C=O) groups is 2. The van der Waals surface area contributed by atoms with Gasteiger partial charge in [0.15, 0.2) is 0 Å². The van der Waals surface area contributed by atoms with Gasteiger partial charge in [0, 0.05) is 13.1 Å². The molecule has 0 bridgehead atoms. The van der Waals surface area contributed by atoms with Gasteiger partial charge in [0.2, 0.25) is 0 Å². The molecule has 6 heteroatoms. The zero-order chi connectivity index (χ0) is 15.6. The fourth-order valence-electron chi connectivity index (χ4n) is 2.31. The Balaban J connectivity index is 2.08. The lowest BCUT2D eigenvalue weighted by atomic mass is 9.83. The summed E-state index contributed by atoms with van der Waals surface area (Å²) in [4.78, 5) is 24.9. The van der Waals surface area contributed by atoms with Crippen molar-refractivity contribution < 1.29 is 19.1 Å². The summed E-state index contributed by atoms with van der Waals surface area (Å²) in [6, 6.07) is 2.95. The number of aromatic carboxylic acids is 1. The Labute approximate surface area is 122 Å². The van der Waals surface area contributed by atoms with Crippen LogP contribution in [0.1, 0.15) is 37.0 Å². The van der Waals surface area contributed by atoms with E-state index in [2.05, 4.69) is 19.2 Å². The minimum atomic E-state index is -1.27. The third-order valence-electron chi connectivity index (χ3n) is 3.86. The molecule has 2 N–H and O–H groups in total. The van der Waals surface area contributed by atoms with E-state index in [4.69, 9.17) is 5.11 Å². The third kappa shape index (κ3) is 3.71. The molecule has 1 aromatic rings. The minimum Gasteiger partial charge on any atom is -0.478 e. The number of nitrogens with zero attached hydrogens (tertiary/aromatic N) is 1. The summed E-state index contributed by atoms with van der Waals surface area (Å²) in [5, 5.41) is 11.6. The van der Waals surface area contributed by atoms with Crippen molar-refractivity contribution in [2.45, 2.75) is 26.7 Å². The van der Waals surface area contributed by atoms with E-state index in [0.717, 1.165) is 25.0 Å². The van der Waals surface area contributed by atoms with Crippen molar-refractivity contribution in [1.82, 2.24) is 4.90 Å². The first-order valence-electron chi connectivity index (χ1n) is 6.87. The normalized spacial score (nSPS) is 17.4. The maximum absolute atomic E-state index is 13.1. The number of carboxylic acid groups (broad SMARTS) is 1. The van der Waals surface area contributed by atoms with Crippen LogP contribution in [0.3, 0.4) is 0 Å². The van der Waals surface area contributed by atoms with Gasteiger partial charge in [-0.2, -0.15) is 0 Å². The molecule has 0 unspecified atom stereocenters. The molecule has 0 spiro atoms. The van der Waals surface area contributed by atoms with Gasteiger partial charge < -0.3 is 15.3 Å². The Morgan fingerprint density at radius 2 is 1.90 bits per heavy atom. The SMILES string of the molecule is CC1(C)CCN(C(=O)Nc2ccc(F)cc2C(=O)O)CC1. The molecular formula is C15H19FN2O3. The third-order valence-corrected chi connectivity index (χ3v) is 3.86. The van der Waals surface area contributed by atoms with E-state index in [1.165, 1.54) is 6.07 Å². The molecular weight excluding hydrogens is 275 g/mol. The molecule has 0 radical (unpaired) electrons. The number of amides is 2. The van der Waals surface area contributed by atoms with E-state index in [-0.39, 0.29) is 22.7 Å². The number of hydrogen-bond acceptors (Lipinski definition) is 2. The van der Waals surface area contributed by atoms with Crippen molar-refractivity contribution in [2.75, 3.05) is 18.4 Å². The number of nitrogens with one attached hydrogen (secondary N) is 1. The molecule has 1 aliphatic rings. The number of benzene rings is 1. The maximum Gasteiger partial charge on any atom is 0.337 e. The Bertz CT molecular complexity index is 562. The number of halogens is 1. The standard InChI is InChI=1S/C15H19FN2O3/c1-15(2)5-7-18(8-6-15)14(21)17-12-4-3-10(16)9-11(12)13(19)20/h3-4,9H,5-8H2,1-2H3,(H,17,21)(H,19,20). The van der Waals surface area contributed by atoms with Crippen molar-refractivity contribution in [3.05, 3.63) is 29.6 Å². The van der Waals surface area contributed by atoms with E-state index < -0.39 is 11.8 Å². The lowest BCUT2D eigenvalue weighted by molar-refractivity contribution is 0.0697. The van der Waals surface area contributed by atoms with Gasteiger partial charge in [-0.3, -0.25) is 0 Å². The van der Waals surface area contributed by atoms with Crippen LogP contribution < -0.4 is 5.32 Å². The number of urea groups is 1. The van der Waals surface area contributed by atoms with Gasteiger partial charge in [0.05, 0.1) is 11.3 Å². The van der Waals surface area contributed by atoms with Gasteiger partial charge in [0.25, 0.3) is 0 Å². The van der Waals surface area contributed by atoms with Crippen LogP contribution >= 0.6 is 0 Å². The summed E-state index contributed by atoms with van der Waals surface area (Å²) >= 11 is 0. The van der Waals surface area contributed by atoms with Crippen molar-refractivity contribution in [1.29, 1.82) is 0 Å². The van der Waals surface area contributed by atoms with Crippen LogP contribution in [0.15, 0.2) is 18.2 Å². The Morgan fingerprint density at radius 1 is 1.29 bits per heavy atom. The fourth-order valence-corrected chi connectivity index (χ4v) is 2.31. The summed E-state index contributed by atoms with van der Waals surface area (Å²) in [6.45, 7) is 5.57. The molecule has 0 atom stereocenters. The monoisotopic (exact) mass is 294 g/mol. The van der Waals surface area contributed by atoms with Crippen LogP contribution in [-0.2, 0) is 0 Å². The Kier molecular flexibility index (Phi) is 4.16. The largest absolute Gasteiger partial charge is 0.478 e. The number of hydrogen-bond donors (Lipinski definition) is 2. The summed E-state index contributed by atoms with van der Waals surface area (Å²) in [6.07, 6.45) is 1.80. The van der Waals surface area contributed by atoms with Crippen LogP contribution in [0.2, 0.25) is 0 Å². The summed E-state index contributed by atoms with van der Waals surface area (Å²) in [5.41, 5.74) is 0.0817. The first-order valence-corrected chi connectivity index (χ1v) is 6.87. The molecule has 2 rings (SSSR count). The van der Waals surface area contributed by atoms with Gasteiger partial charge >= 0.3 is 12.0 Å². The van der Waals surface area contributed by atoms with E-state index >= 15 is 0 Å². The van der Waals surface area contributed by atoms with Gasteiger partial charge in [-0.25, -0.2) is 14.0 Å². The molecule has 1 aromatic carbocycles. The Hall–Kier alpha value is -2.11. The predicted octanol–water partition coefficient (Wildman–Crippen LogP) is 3.18. The fraction of sp³-hybridized carbons (Fsp3) is 0.467. The highest BCUT2D eigenvalue weighted by atomic mass is 19.1. The molecule has 1 fully saturated rings. The van der Waals surface area contributed by atoms with Crippen molar-refractivity contribution >= 4 is 17.7 Å². The number of rotatable bonds is 2. The second-order valence-corrected chi connectivity index (χ2v) is 6.08. The molecule has 0 aromatic heterocycles. The smallest absolute Gasteiger partial charge is 0.337 e. The number of piperidine rings is 1. The molecule has 0 aliphatic carbocycles. The quantitative estimate of drug-likeness (QED) is 0.880. The molecule has 5 nitrogen and oxygen atoms in total. The maximum atomic E-state index is 13.1. The first-order chi connectivity index (χ1) is 9.78. The molecule has 1 aliphatic heterocycles. The highest BCUT2D eigenvalue weighted by Gasteiger charge is 2.28. The van der Waals surface area contributed by atoms with Crippen molar-refractivity contribution in [2.24, 2.45) is 5.41 Å². The van der Waals surface area contributed by atoms with E-state index in [9.17, 15) is 14.0 Å². The second kappa shape index (κ2) is 5.71. The van der Waals surface area contributed by atoms with Gasteiger partial charge in [-0.05, 0) is 36.5 Å². The minimum absolute atomic E-state index is 0.110. The summed E-state index contributed by atoms with van der Waals surface area (Å²) in [7, 11) is 0. The van der Waals surface area contributed by atoms with Crippen LogP contribution in [0.25, 0.3) is 0 Å². The highest BCUT2D eigenvalue weighted by molar-refractivity contribution is 6.00. The van der Waals surface area contributed by atoms with E-state index in [0.29, 0.717) is 13.1 Å². The molecule has 1 saturated heterocycles. The number of carboxylic acids is 1. The lowest BCUT2D eigenvalue weighted by Gasteiger charge is -2.36. The average molecular weight is 294 g/mol. The summed E-state index contributed by atoms with van der Waals surface area (Å²) in [5.74, 6) is -1.92. The number of likely N-dealkylation sites (tertiary alicyclic amines) is 1. The van der Waals surface area contributed by atoms with Gasteiger partial charge in [-0.15, -0.1) is 0 Å². The lowest BCUT2D eigenvalue weighted by Crippen LogP contribution is -2.43. The molecule has 2 amide bonds. The molecule has 0 saturated carbocycles. The van der Waals surface area contributed by atoms with Crippen LogP contribution in [0, 0.1) is 11.2 Å². The van der Waals surface area contributed by atoms with Gasteiger partial charge in [0.1, 0.15) is 5.82 Å². The zero-order valence-corrected chi connectivity index (χ0v) is 12.1. The van der Waals surface area contributed by atoms with Crippen molar-refractivity contribution in [3.8, 4) is 0 Å². The molecule has 1 heterocycles. The van der Waals surface area contributed by atoms with Crippen LogP contribution in [0.5, 0.6) is 0 Å². The number of anilines is 1. The first kappa shape index (κ1) is 15.3. The predicted molar refractivity (Wildman–Crippen MR) is 77.0 cm³/mol. The van der Waals surface area contributed by atoms with E-state index in [1.54, 1.807) is 4.90 Å². The topological polar surface area (TPSA) is 69.6 Å². The van der Waals surface area contributed by atoms with Gasteiger partial charge in [-0.1, -0.05) is 13.8 Å². The number of carbonyl (C=O) groups excluding carboxylic acids is 1.